The van der Waals surface area contributed by atoms with Crippen molar-refractivity contribution in [1.82, 2.24) is 15.2 Å². The number of pyridine rings is 1. The van der Waals surface area contributed by atoms with Crippen molar-refractivity contribution in [1.29, 1.82) is 0 Å². The second kappa shape index (κ2) is 3.78. The molecule has 0 amide bonds. The fourth-order valence-electron chi connectivity index (χ4n) is 2.41. The van der Waals surface area contributed by atoms with Crippen LogP contribution < -0.4 is 5.56 Å². The zero-order valence-corrected chi connectivity index (χ0v) is 10.2. The van der Waals surface area contributed by atoms with Crippen molar-refractivity contribution in [2.45, 2.75) is 18.8 Å². The van der Waals surface area contributed by atoms with Crippen LogP contribution >= 0.6 is 0 Å². The van der Waals surface area contributed by atoms with Crippen molar-refractivity contribution < 1.29 is 0 Å². The number of hydrogen-bond acceptors (Lipinski definition) is 3. The molecule has 0 aromatic carbocycles. The lowest BCUT2D eigenvalue weighted by Crippen LogP contribution is -2.02. The molecule has 5 heteroatoms. The molecule has 94 valence electrons. The summed E-state index contributed by atoms with van der Waals surface area (Å²) in [7, 11) is 0. The molecule has 2 aromatic heterocycles. The van der Waals surface area contributed by atoms with Gasteiger partial charge in [-0.05, 0) is 31.1 Å². The van der Waals surface area contributed by atoms with Crippen molar-refractivity contribution in [3.05, 3.63) is 45.5 Å². The SMILES string of the molecule is O=c1[nH][nH]c(C2CC2)c1C=C1C=Nc2ncccc21. The van der Waals surface area contributed by atoms with Gasteiger partial charge in [0.15, 0.2) is 5.82 Å². The van der Waals surface area contributed by atoms with Crippen LogP contribution in [-0.2, 0) is 0 Å². The van der Waals surface area contributed by atoms with E-state index in [1.54, 1.807) is 12.4 Å². The molecule has 19 heavy (non-hydrogen) atoms. The molecule has 1 aliphatic heterocycles. The van der Waals surface area contributed by atoms with Crippen molar-refractivity contribution in [2.24, 2.45) is 4.99 Å². The highest BCUT2D eigenvalue weighted by Crippen LogP contribution is 2.40. The molecule has 2 aromatic rings. The van der Waals surface area contributed by atoms with E-state index in [9.17, 15) is 4.79 Å². The second-order valence-electron chi connectivity index (χ2n) is 4.91. The Kier molecular flexibility index (Phi) is 2.09. The number of allylic oxidation sites excluding steroid dienone is 1. The summed E-state index contributed by atoms with van der Waals surface area (Å²) < 4.78 is 0. The molecule has 0 saturated heterocycles. The van der Waals surface area contributed by atoms with Crippen LogP contribution in [0.1, 0.15) is 35.6 Å². The first-order valence-electron chi connectivity index (χ1n) is 6.34. The quantitative estimate of drug-likeness (QED) is 0.860. The van der Waals surface area contributed by atoms with E-state index in [0.29, 0.717) is 11.7 Å². The van der Waals surface area contributed by atoms with Gasteiger partial charge >= 0.3 is 0 Å². The maximum atomic E-state index is 11.9. The number of H-pyrrole nitrogens is 2. The van der Waals surface area contributed by atoms with Crippen LogP contribution in [0, 0.1) is 0 Å². The fourth-order valence-corrected chi connectivity index (χ4v) is 2.41. The summed E-state index contributed by atoms with van der Waals surface area (Å²) in [6, 6.07) is 3.85. The van der Waals surface area contributed by atoms with Gasteiger partial charge in [-0.1, -0.05) is 0 Å². The third-order valence-corrected chi connectivity index (χ3v) is 3.55. The van der Waals surface area contributed by atoms with E-state index >= 15 is 0 Å². The molecular formula is C14H12N4O. The van der Waals surface area contributed by atoms with E-state index < -0.39 is 0 Å². The third-order valence-electron chi connectivity index (χ3n) is 3.55. The van der Waals surface area contributed by atoms with Crippen LogP contribution in [0.5, 0.6) is 0 Å². The minimum atomic E-state index is -0.0693. The number of aromatic nitrogens is 3. The molecule has 4 rings (SSSR count). The number of aliphatic imine (C=N–C) groups is 1. The number of aromatic amines is 2. The van der Waals surface area contributed by atoms with Crippen LogP contribution in [0.3, 0.4) is 0 Å². The van der Waals surface area contributed by atoms with Gasteiger partial charge in [-0.25, -0.2) is 9.98 Å². The number of nitrogens with zero attached hydrogens (tertiary/aromatic N) is 2. The molecule has 0 spiro atoms. The molecule has 0 radical (unpaired) electrons. The van der Waals surface area contributed by atoms with E-state index in [1.807, 2.05) is 18.2 Å². The van der Waals surface area contributed by atoms with Gasteiger partial charge in [0, 0.05) is 35.2 Å². The first kappa shape index (κ1) is 10.5. The number of rotatable bonds is 2. The largest absolute Gasteiger partial charge is 0.301 e. The Labute approximate surface area is 109 Å². The lowest BCUT2D eigenvalue weighted by molar-refractivity contribution is 0.955. The fraction of sp³-hybridized carbons (Fsp3) is 0.214. The topological polar surface area (TPSA) is 73.9 Å². The molecule has 0 atom stereocenters. The lowest BCUT2D eigenvalue weighted by atomic mass is 10.1. The predicted octanol–water partition coefficient (Wildman–Crippen LogP) is 2.23. The molecule has 5 nitrogen and oxygen atoms in total. The summed E-state index contributed by atoms with van der Waals surface area (Å²) in [5, 5.41) is 5.66. The van der Waals surface area contributed by atoms with Crippen LogP contribution in [0.25, 0.3) is 11.6 Å². The van der Waals surface area contributed by atoms with E-state index in [2.05, 4.69) is 20.2 Å². The Hall–Kier alpha value is -2.43. The molecule has 2 N–H and O–H groups in total. The number of nitrogens with one attached hydrogen (secondary N) is 2. The average molecular weight is 252 g/mol. The highest BCUT2D eigenvalue weighted by molar-refractivity contribution is 6.20. The van der Waals surface area contributed by atoms with Crippen molar-refractivity contribution in [3.8, 4) is 0 Å². The van der Waals surface area contributed by atoms with Gasteiger partial charge in [0.05, 0.1) is 5.56 Å². The smallest absolute Gasteiger partial charge is 0.271 e. The first-order valence-corrected chi connectivity index (χ1v) is 6.34. The molecule has 0 bridgehead atoms. The van der Waals surface area contributed by atoms with Gasteiger partial charge in [0.1, 0.15) is 0 Å². The second-order valence-corrected chi connectivity index (χ2v) is 4.91. The van der Waals surface area contributed by atoms with Gasteiger partial charge in [0.25, 0.3) is 5.56 Å². The Morgan fingerprint density at radius 1 is 1.32 bits per heavy atom. The maximum absolute atomic E-state index is 11.9. The Balaban J connectivity index is 1.84. The minimum Gasteiger partial charge on any atom is -0.301 e. The predicted molar refractivity (Wildman–Crippen MR) is 73.6 cm³/mol. The number of hydrogen-bond donors (Lipinski definition) is 2. The van der Waals surface area contributed by atoms with Gasteiger partial charge in [0.2, 0.25) is 0 Å². The monoisotopic (exact) mass is 252 g/mol. The molecular weight excluding hydrogens is 240 g/mol. The van der Waals surface area contributed by atoms with Crippen molar-refractivity contribution in [3.63, 3.8) is 0 Å². The zero-order valence-electron chi connectivity index (χ0n) is 10.2. The summed E-state index contributed by atoms with van der Waals surface area (Å²) in [5.41, 5.74) is 3.59. The van der Waals surface area contributed by atoms with Crippen molar-refractivity contribution in [2.75, 3.05) is 0 Å². The first-order chi connectivity index (χ1) is 9.33. The van der Waals surface area contributed by atoms with Gasteiger partial charge in [-0.15, -0.1) is 0 Å². The Morgan fingerprint density at radius 3 is 3.05 bits per heavy atom. The van der Waals surface area contributed by atoms with E-state index in [4.69, 9.17) is 0 Å². The van der Waals surface area contributed by atoms with Crippen molar-refractivity contribution >= 4 is 23.7 Å². The standard InChI is InChI=1S/C14H12N4O/c19-14-11(12(17-18-14)8-3-4-8)6-9-7-16-13-10(9)2-1-5-15-13/h1-2,5-8H,3-4H2,(H2,17,18,19). The van der Waals surface area contributed by atoms with Crippen LogP contribution in [0.4, 0.5) is 5.82 Å². The lowest BCUT2D eigenvalue weighted by Gasteiger charge is -1.98. The highest BCUT2D eigenvalue weighted by atomic mass is 16.1. The maximum Gasteiger partial charge on any atom is 0.271 e. The summed E-state index contributed by atoms with van der Waals surface area (Å²) in [6.07, 6.45) is 7.69. The third kappa shape index (κ3) is 1.66. The van der Waals surface area contributed by atoms with E-state index in [1.165, 1.54) is 0 Å². The summed E-state index contributed by atoms with van der Waals surface area (Å²) >= 11 is 0. The molecule has 1 fully saturated rings. The van der Waals surface area contributed by atoms with Gasteiger partial charge in [-0.2, -0.15) is 0 Å². The summed E-state index contributed by atoms with van der Waals surface area (Å²) in [4.78, 5) is 20.3. The van der Waals surface area contributed by atoms with Crippen LogP contribution in [0.2, 0.25) is 0 Å². The van der Waals surface area contributed by atoms with Crippen LogP contribution in [-0.4, -0.2) is 21.4 Å². The van der Waals surface area contributed by atoms with Gasteiger partial charge in [-0.3, -0.25) is 9.89 Å². The molecule has 1 aliphatic carbocycles. The molecule has 3 heterocycles. The summed E-state index contributed by atoms with van der Waals surface area (Å²) in [6.45, 7) is 0. The van der Waals surface area contributed by atoms with Crippen LogP contribution in [0.15, 0.2) is 28.1 Å². The zero-order chi connectivity index (χ0) is 12.8. The normalized spacial score (nSPS) is 19.1. The highest BCUT2D eigenvalue weighted by Gasteiger charge is 2.28. The van der Waals surface area contributed by atoms with E-state index in [0.717, 1.165) is 35.2 Å². The molecule has 0 unspecified atom stereocenters. The average Bonchev–Trinajstić information content (AvgIpc) is 3.10. The summed E-state index contributed by atoms with van der Waals surface area (Å²) in [5.74, 6) is 1.21. The minimum absolute atomic E-state index is 0.0693. The molecule has 1 saturated carbocycles. The Bertz CT molecular complexity index is 762. The molecule has 2 aliphatic rings. The van der Waals surface area contributed by atoms with Gasteiger partial charge < -0.3 is 5.10 Å². The van der Waals surface area contributed by atoms with E-state index in [-0.39, 0.29) is 5.56 Å². The Morgan fingerprint density at radius 2 is 2.21 bits per heavy atom. The number of fused-ring (bicyclic) bond motifs is 1.